The number of amides is 1. The van der Waals surface area contributed by atoms with Gasteiger partial charge in [0.2, 0.25) is 5.91 Å². The molecule has 3 rings (SSSR count). The summed E-state index contributed by atoms with van der Waals surface area (Å²) in [7, 11) is 0. The van der Waals surface area contributed by atoms with E-state index in [-0.39, 0.29) is 17.6 Å². The Hall–Kier alpha value is -2.36. The molecule has 2 atom stereocenters. The van der Waals surface area contributed by atoms with Crippen LogP contribution >= 0.6 is 0 Å². The maximum atomic E-state index is 12.8. The van der Waals surface area contributed by atoms with Gasteiger partial charge >= 0.3 is 0 Å². The Bertz CT molecular complexity index is 669. The minimum absolute atomic E-state index is 0.0724. The molecule has 0 spiro atoms. The minimum atomic E-state index is -0.261. The molecule has 1 fully saturated rings. The lowest BCUT2D eigenvalue weighted by molar-refractivity contribution is -0.117. The number of ether oxygens (including phenoxy) is 1. The van der Waals surface area contributed by atoms with Gasteiger partial charge < -0.3 is 10.1 Å². The molecule has 0 unspecified atom stereocenters. The molecule has 22 heavy (non-hydrogen) atoms. The number of nitrogens with one attached hydrogen (secondary N) is 1. The van der Waals surface area contributed by atoms with Gasteiger partial charge in [0, 0.05) is 17.7 Å². The van der Waals surface area contributed by atoms with E-state index in [1.165, 1.54) is 12.1 Å². The first kappa shape index (κ1) is 14.6. The average molecular weight is 299 g/mol. The van der Waals surface area contributed by atoms with Gasteiger partial charge in [-0.2, -0.15) is 0 Å². The summed E-state index contributed by atoms with van der Waals surface area (Å²) in [6.07, 6.45) is 0.965. The van der Waals surface area contributed by atoms with E-state index < -0.39 is 0 Å². The first-order valence-electron chi connectivity index (χ1n) is 7.40. The number of carbonyl (C=O) groups excluding carboxylic acids is 1. The molecule has 114 valence electrons. The first-order chi connectivity index (χ1) is 10.6. The van der Waals surface area contributed by atoms with Gasteiger partial charge in [-0.05, 0) is 42.2 Å². The van der Waals surface area contributed by atoms with Crippen LogP contribution in [0.3, 0.4) is 0 Å². The van der Waals surface area contributed by atoms with Crippen LogP contribution in [0, 0.1) is 17.7 Å². The monoisotopic (exact) mass is 299 g/mol. The Balaban J connectivity index is 1.58. The van der Waals surface area contributed by atoms with Gasteiger partial charge in [0.05, 0.1) is 0 Å². The number of rotatable bonds is 5. The smallest absolute Gasteiger partial charge is 0.227 e. The highest BCUT2D eigenvalue weighted by Gasteiger charge is 2.39. The van der Waals surface area contributed by atoms with Gasteiger partial charge in [-0.1, -0.05) is 25.1 Å². The number of halogens is 1. The van der Waals surface area contributed by atoms with Crippen LogP contribution in [0.5, 0.6) is 5.75 Å². The maximum absolute atomic E-state index is 12.8. The molecule has 1 saturated carbocycles. The molecule has 1 aliphatic carbocycles. The van der Waals surface area contributed by atoms with E-state index in [4.69, 9.17) is 4.74 Å². The van der Waals surface area contributed by atoms with Crippen molar-refractivity contribution in [3.63, 3.8) is 0 Å². The predicted molar refractivity (Wildman–Crippen MR) is 83.1 cm³/mol. The van der Waals surface area contributed by atoms with Crippen LogP contribution in [-0.2, 0) is 11.4 Å². The maximum Gasteiger partial charge on any atom is 0.227 e. The lowest BCUT2D eigenvalue weighted by atomic mass is 10.2. The van der Waals surface area contributed by atoms with Gasteiger partial charge in [0.1, 0.15) is 18.2 Å². The average Bonchev–Trinajstić information content (AvgIpc) is 3.24. The van der Waals surface area contributed by atoms with Crippen molar-refractivity contribution in [2.45, 2.75) is 20.0 Å². The second-order valence-electron chi connectivity index (χ2n) is 5.75. The van der Waals surface area contributed by atoms with Crippen LogP contribution < -0.4 is 10.1 Å². The Labute approximate surface area is 129 Å². The van der Waals surface area contributed by atoms with Crippen molar-refractivity contribution in [2.75, 3.05) is 5.32 Å². The highest BCUT2D eigenvalue weighted by molar-refractivity contribution is 5.94. The Morgan fingerprint density at radius 2 is 2.00 bits per heavy atom. The fourth-order valence-electron chi connectivity index (χ4n) is 2.33. The molecule has 1 aliphatic rings. The van der Waals surface area contributed by atoms with Gasteiger partial charge in [-0.25, -0.2) is 4.39 Å². The zero-order chi connectivity index (χ0) is 15.5. The van der Waals surface area contributed by atoms with E-state index in [0.717, 1.165) is 17.7 Å². The third-order valence-corrected chi connectivity index (χ3v) is 3.87. The summed E-state index contributed by atoms with van der Waals surface area (Å²) in [5.41, 5.74) is 1.63. The lowest BCUT2D eigenvalue weighted by Gasteiger charge is -2.09. The number of hydrogen-bond donors (Lipinski definition) is 1. The fraction of sp³-hybridized carbons (Fsp3) is 0.278. The fourth-order valence-corrected chi connectivity index (χ4v) is 2.33. The lowest BCUT2D eigenvalue weighted by Crippen LogP contribution is -2.14. The number of anilines is 1. The highest BCUT2D eigenvalue weighted by atomic mass is 19.1. The summed E-state index contributed by atoms with van der Waals surface area (Å²) < 4.78 is 18.5. The van der Waals surface area contributed by atoms with Crippen LogP contribution in [0.15, 0.2) is 48.5 Å². The normalized spacial score (nSPS) is 19.5. The zero-order valence-corrected chi connectivity index (χ0v) is 12.4. The van der Waals surface area contributed by atoms with E-state index in [0.29, 0.717) is 18.3 Å². The van der Waals surface area contributed by atoms with Gasteiger partial charge in [0.25, 0.3) is 0 Å². The standard InChI is InChI=1S/C18H18FNO2/c1-12-9-17(12)18(21)20-15-3-2-4-16(10-15)22-11-13-5-7-14(19)8-6-13/h2-8,10,12,17H,9,11H2,1H3,(H,20,21)/t12-,17-/m1/s1. The Kier molecular flexibility index (Phi) is 4.09. The molecule has 0 bridgehead atoms. The van der Waals surface area contributed by atoms with Crippen molar-refractivity contribution in [1.29, 1.82) is 0 Å². The van der Waals surface area contributed by atoms with Crippen LogP contribution in [0.25, 0.3) is 0 Å². The largest absolute Gasteiger partial charge is 0.489 e. The second-order valence-corrected chi connectivity index (χ2v) is 5.75. The number of benzene rings is 2. The molecule has 1 amide bonds. The summed E-state index contributed by atoms with van der Waals surface area (Å²) >= 11 is 0. The first-order valence-corrected chi connectivity index (χ1v) is 7.40. The summed E-state index contributed by atoms with van der Waals surface area (Å²) in [6.45, 7) is 2.43. The molecule has 1 N–H and O–H groups in total. The van der Waals surface area contributed by atoms with E-state index in [1.54, 1.807) is 18.2 Å². The second kappa shape index (κ2) is 6.18. The van der Waals surface area contributed by atoms with Crippen molar-refractivity contribution < 1.29 is 13.9 Å². The molecule has 3 nitrogen and oxygen atoms in total. The van der Waals surface area contributed by atoms with Crippen LogP contribution in [0.4, 0.5) is 10.1 Å². The van der Waals surface area contributed by atoms with E-state index in [2.05, 4.69) is 12.2 Å². The quantitative estimate of drug-likeness (QED) is 0.906. The third-order valence-electron chi connectivity index (χ3n) is 3.87. The number of carbonyl (C=O) groups is 1. The molecular weight excluding hydrogens is 281 g/mol. The SMILES string of the molecule is C[C@@H]1C[C@H]1C(=O)Nc1cccc(OCc2ccc(F)cc2)c1. The van der Waals surface area contributed by atoms with Crippen molar-refractivity contribution in [3.05, 3.63) is 59.9 Å². The Morgan fingerprint density at radius 1 is 1.27 bits per heavy atom. The molecule has 2 aromatic rings. The summed E-state index contributed by atoms with van der Waals surface area (Å²) in [5.74, 6) is 1.11. The molecule has 2 aromatic carbocycles. The van der Waals surface area contributed by atoms with Crippen LogP contribution in [0.1, 0.15) is 18.9 Å². The minimum Gasteiger partial charge on any atom is -0.489 e. The van der Waals surface area contributed by atoms with Gasteiger partial charge in [-0.3, -0.25) is 4.79 Å². The van der Waals surface area contributed by atoms with Gasteiger partial charge in [-0.15, -0.1) is 0 Å². The van der Waals surface area contributed by atoms with Crippen molar-refractivity contribution in [1.82, 2.24) is 0 Å². The van der Waals surface area contributed by atoms with Crippen LogP contribution in [0.2, 0.25) is 0 Å². The molecular formula is C18H18FNO2. The van der Waals surface area contributed by atoms with E-state index >= 15 is 0 Å². The summed E-state index contributed by atoms with van der Waals surface area (Å²) in [6, 6.07) is 13.5. The summed E-state index contributed by atoms with van der Waals surface area (Å²) in [5, 5.41) is 2.91. The highest BCUT2D eigenvalue weighted by Crippen LogP contribution is 2.38. The molecule has 0 aromatic heterocycles. The van der Waals surface area contributed by atoms with Crippen molar-refractivity contribution >= 4 is 11.6 Å². The van der Waals surface area contributed by atoms with E-state index in [1.807, 2.05) is 18.2 Å². The van der Waals surface area contributed by atoms with E-state index in [9.17, 15) is 9.18 Å². The molecule has 4 heteroatoms. The van der Waals surface area contributed by atoms with Crippen molar-refractivity contribution in [2.24, 2.45) is 11.8 Å². The topological polar surface area (TPSA) is 38.3 Å². The van der Waals surface area contributed by atoms with Gasteiger partial charge in [0.15, 0.2) is 0 Å². The molecule has 0 heterocycles. The third kappa shape index (κ3) is 3.64. The number of hydrogen-bond acceptors (Lipinski definition) is 2. The van der Waals surface area contributed by atoms with Crippen molar-refractivity contribution in [3.8, 4) is 5.75 Å². The molecule has 0 aliphatic heterocycles. The zero-order valence-electron chi connectivity index (χ0n) is 12.4. The summed E-state index contributed by atoms with van der Waals surface area (Å²) in [4.78, 5) is 11.9. The van der Waals surface area contributed by atoms with Crippen LogP contribution in [-0.4, -0.2) is 5.91 Å². The molecule has 0 saturated heterocycles. The Morgan fingerprint density at radius 3 is 2.68 bits per heavy atom. The molecule has 0 radical (unpaired) electrons. The predicted octanol–water partition coefficient (Wildman–Crippen LogP) is 4.00.